The average molecular weight is 550 g/mol. The Hall–Kier alpha value is -3.59. The van der Waals surface area contributed by atoms with E-state index in [0.717, 1.165) is 0 Å². The molecule has 0 heterocycles. The molecule has 166 valence electrons. The third-order valence-corrected chi connectivity index (χ3v) is 4.71. The Labute approximate surface area is 197 Å². The van der Waals surface area contributed by atoms with E-state index in [1.165, 1.54) is 37.5 Å². The lowest BCUT2D eigenvalue weighted by molar-refractivity contribution is -0.139. The summed E-state index contributed by atoms with van der Waals surface area (Å²) < 4.78 is 16.0. The highest BCUT2D eigenvalue weighted by atomic mass is 127. The fraction of sp³-hybridized carbons (Fsp3) is 0.182. The Morgan fingerprint density at radius 1 is 1.19 bits per heavy atom. The molecular weight excluding hydrogens is 531 g/mol. The Kier molecular flexibility index (Phi) is 9.03. The van der Waals surface area contributed by atoms with Crippen LogP contribution in [0.1, 0.15) is 22.8 Å². The van der Waals surface area contributed by atoms with Crippen LogP contribution in [0.3, 0.4) is 0 Å². The summed E-state index contributed by atoms with van der Waals surface area (Å²) in [5.74, 6) is -1.72. The number of carbonyl (C=O) groups excluding carboxylic acids is 2. The van der Waals surface area contributed by atoms with E-state index < -0.39 is 24.5 Å². The Morgan fingerprint density at radius 3 is 2.44 bits per heavy atom. The maximum absolute atomic E-state index is 12.5. The first kappa shape index (κ1) is 24.7. The monoisotopic (exact) mass is 550 g/mol. The number of nitriles is 1. The number of benzene rings is 2. The molecule has 2 aromatic rings. The van der Waals surface area contributed by atoms with Gasteiger partial charge in [0.2, 0.25) is 0 Å². The van der Waals surface area contributed by atoms with Crippen LogP contribution in [0, 0.1) is 14.9 Å². The van der Waals surface area contributed by atoms with Crippen molar-refractivity contribution < 1.29 is 33.7 Å². The van der Waals surface area contributed by atoms with Crippen molar-refractivity contribution >= 4 is 52.2 Å². The number of hydrogen-bond donors (Lipinski definition) is 2. The second-order valence-electron chi connectivity index (χ2n) is 6.14. The van der Waals surface area contributed by atoms with Crippen molar-refractivity contribution in [1.82, 2.24) is 0 Å². The van der Waals surface area contributed by atoms with Gasteiger partial charge >= 0.3 is 11.9 Å². The molecule has 0 fully saturated rings. The first-order valence-corrected chi connectivity index (χ1v) is 10.3. The number of ether oxygens (including phenoxy) is 3. The summed E-state index contributed by atoms with van der Waals surface area (Å²) in [6.45, 7) is 1.53. The second kappa shape index (κ2) is 11.7. The zero-order valence-electron chi connectivity index (χ0n) is 17.2. The summed E-state index contributed by atoms with van der Waals surface area (Å²) in [7, 11) is 1.27. The van der Waals surface area contributed by atoms with Crippen molar-refractivity contribution in [3.63, 3.8) is 0 Å². The predicted molar refractivity (Wildman–Crippen MR) is 123 cm³/mol. The van der Waals surface area contributed by atoms with E-state index in [2.05, 4.69) is 10.1 Å². The van der Waals surface area contributed by atoms with Crippen molar-refractivity contribution in [3.8, 4) is 17.6 Å². The van der Waals surface area contributed by atoms with Gasteiger partial charge in [0.1, 0.15) is 11.6 Å². The second-order valence-corrected chi connectivity index (χ2v) is 7.30. The van der Waals surface area contributed by atoms with Gasteiger partial charge in [0.05, 0.1) is 22.9 Å². The molecule has 0 unspecified atom stereocenters. The summed E-state index contributed by atoms with van der Waals surface area (Å²) in [5.41, 5.74) is 1.04. The Morgan fingerprint density at radius 2 is 1.88 bits per heavy atom. The van der Waals surface area contributed by atoms with Gasteiger partial charge in [0.25, 0.3) is 5.91 Å². The van der Waals surface area contributed by atoms with Crippen molar-refractivity contribution in [3.05, 3.63) is 56.7 Å². The quantitative estimate of drug-likeness (QED) is 0.210. The minimum Gasteiger partial charge on any atom is -0.490 e. The number of nitrogens with zero attached hydrogens (tertiary/aromatic N) is 1. The van der Waals surface area contributed by atoms with Gasteiger partial charge in [-0.3, -0.25) is 4.79 Å². The van der Waals surface area contributed by atoms with Crippen molar-refractivity contribution in [2.45, 2.75) is 6.92 Å². The van der Waals surface area contributed by atoms with Gasteiger partial charge in [-0.25, -0.2) is 9.59 Å². The van der Waals surface area contributed by atoms with E-state index in [-0.39, 0.29) is 11.3 Å². The minimum atomic E-state index is -1.13. The summed E-state index contributed by atoms with van der Waals surface area (Å²) in [6.07, 6.45) is 1.38. The van der Waals surface area contributed by atoms with Crippen molar-refractivity contribution in [2.75, 3.05) is 25.6 Å². The Bertz CT molecular complexity index is 1090. The smallest absolute Gasteiger partial charge is 0.341 e. The SMILES string of the molecule is CCOc1cc(/C=C(\C#N)C(=O)Nc2ccc(C(=O)OC)cc2)cc(I)c1OCC(=O)O. The fourth-order valence-corrected chi connectivity index (χ4v) is 3.31. The number of aliphatic carboxylic acids is 1. The van der Waals surface area contributed by atoms with Gasteiger partial charge in [-0.15, -0.1) is 0 Å². The maximum Gasteiger partial charge on any atom is 0.341 e. The number of carboxylic acid groups (broad SMARTS) is 1. The lowest BCUT2D eigenvalue weighted by Crippen LogP contribution is -2.14. The molecule has 0 aromatic heterocycles. The molecule has 0 spiro atoms. The van der Waals surface area contributed by atoms with E-state index in [0.29, 0.717) is 32.7 Å². The number of methoxy groups -OCH3 is 1. The van der Waals surface area contributed by atoms with Gasteiger partial charge in [-0.1, -0.05) is 0 Å². The summed E-state index contributed by atoms with van der Waals surface area (Å²) in [6, 6.07) is 11.1. The fourth-order valence-electron chi connectivity index (χ4n) is 2.53. The van der Waals surface area contributed by atoms with Crippen molar-refractivity contribution in [2.24, 2.45) is 0 Å². The first-order valence-electron chi connectivity index (χ1n) is 9.21. The molecule has 0 aliphatic rings. The molecule has 0 atom stereocenters. The maximum atomic E-state index is 12.5. The number of carbonyl (C=O) groups is 3. The number of amides is 1. The molecule has 9 nitrogen and oxygen atoms in total. The molecule has 2 aromatic carbocycles. The highest BCUT2D eigenvalue weighted by Crippen LogP contribution is 2.35. The average Bonchev–Trinajstić information content (AvgIpc) is 2.76. The minimum absolute atomic E-state index is 0.167. The molecule has 0 saturated carbocycles. The summed E-state index contributed by atoms with van der Waals surface area (Å²) in [4.78, 5) is 34.9. The van der Waals surface area contributed by atoms with E-state index in [9.17, 15) is 19.6 Å². The molecular formula is C22H19IN2O7. The largest absolute Gasteiger partial charge is 0.490 e. The predicted octanol–water partition coefficient (Wildman–Crippen LogP) is 3.49. The van der Waals surface area contributed by atoms with Crippen LogP contribution in [-0.2, 0) is 14.3 Å². The molecule has 0 radical (unpaired) electrons. The zero-order chi connectivity index (χ0) is 23.7. The highest BCUT2D eigenvalue weighted by Gasteiger charge is 2.15. The van der Waals surface area contributed by atoms with Crippen LogP contribution in [0.4, 0.5) is 5.69 Å². The standard InChI is InChI=1S/C22H19IN2O7/c1-3-31-18-10-13(9-17(23)20(18)32-12-19(26)27)8-15(11-24)21(28)25-16-6-4-14(5-7-16)22(29)30-2/h4-10H,3,12H2,1-2H3,(H,25,28)(H,26,27)/b15-8+. The number of halogens is 1. The molecule has 0 bridgehead atoms. The van der Waals surface area contributed by atoms with Crippen LogP contribution in [0.2, 0.25) is 0 Å². The van der Waals surface area contributed by atoms with E-state index >= 15 is 0 Å². The molecule has 0 aliphatic heterocycles. The number of rotatable bonds is 9. The number of hydrogen-bond acceptors (Lipinski definition) is 7. The summed E-state index contributed by atoms with van der Waals surface area (Å²) in [5, 5.41) is 20.9. The normalized spacial score (nSPS) is 10.6. The van der Waals surface area contributed by atoms with Gasteiger partial charge in [0.15, 0.2) is 18.1 Å². The number of anilines is 1. The number of esters is 1. The molecule has 0 aliphatic carbocycles. The molecule has 2 N–H and O–H groups in total. The molecule has 10 heteroatoms. The zero-order valence-corrected chi connectivity index (χ0v) is 19.3. The number of nitrogens with one attached hydrogen (secondary N) is 1. The van der Waals surface area contributed by atoms with Crippen LogP contribution in [-0.4, -0.2) is 43.3 Å². The molecule has 0 saturated heterocycles. The van der Waals surface area contributed by atoms with Crippen molar-refractivity contribution in [1.29, 1.82) is 5.26 Å². The highest BCUT2D eigenvalue weighted by molar-refractivity contribution is 14.1. The van der Waals surface area contributed by atoms with E-state index in [1.807, 2.05) is 28.7 Å². The van der Waals surface area contributed by atoms with Crippen LogP contribution in [0.15, 0.2) is 42.0 Å². The van der Waals surface area contributed by atoms with Gasteiger partial charge in [-0.2, -0.15) is 5.26 Å². The lowest BCUT2D eigenvalue weighted by Gasteiger charge is -2.13. The van der Waals surface area contributed by atoms with Gasteiger partial charge in [-0.05, 0) is 77.6 Å². The summed E-state index contributed by atoms with van der Waals surface area (Å²) >= 11 is 1.96. The van der Waals surface area contributed by atoms with Crippen LogP contribution < -0.4 is 14.8 Å². The first-order chi connectivity index (χ1) is 15.3. The third-order valence-electron chi connectivity index (χ3n) is 3.91. The van der Waals surface area contributed by atoms with Crippen LogP contribution in [0.5, 0.6) is 11.5 Å². The van der Waals surface area contributed by atoms with Gasteiger partial charge in [0, 0.05) is 5.69 Å². The topological polar surface area (TPSA) is 135 Å². The van der Waals surface area contributed by atoms with Gasteiger partial charge < -0.3 is 24.6 Å². The Balaban J connectivity index is 2.27. The number of carboxylic acids is 1. The molecule has 2 rings (SSSR count). The van der Waals surface area contributed by atoms with Crippen LogP contribution >= 0.6 is 22.6 Å². The third kappa shape index (κ3) is 6.71. The van der Waals surface area contributed by atoms with Crippen LogP contribution in [0.25, 0.3) is 6.08 Å². The van der Waals surface area contributed by atoms with E-state index in [1.54, 1.807) is 19.1 Å². The lowest BCUT2D eigenvalue weighted by atomic mass is 10.1. The van der Waals surface area contributed by atoms with E-state index in [4.69, 9.17) is 14.6 Å². The molecule has 32 heavy (non-hydrogen) atoms. The molecule has 1 amide bonds.